The molecule has 0 aliphatic rings. The molecule has 1 aromatic carbocycles. The molecule has 0 saturated carbocycles. The highest BCUT2D eigenvalue weighted by Crippen LogP contribution is 2.27. The van der Waals surface area contributed by atoms with E-state index in [4.69, 9.17) is 0 Å². The van der Waals surface area contributed by atoms with Gasteiger partial charge in [-0.25, -0.2) is 13.8 Å². The second kappa shape index (κ2) is 6.60. The van der Waals surface area contributed by atoms with E-state index in [1.807, 2.05) is 6.92 Å². The van der Waals surface area contributed by atoms with Gasteiger partial charge in [-0.15, -0.1) is 0 Å². The molecule has 0 amide bonds. The quantitative estimate of drug-likeness (QED) is 0.859. The molecule has 0 unspecified atom stereocenters. The smallest absolute Gasteiger partial charge is 0.224 e. The second-order valence-corrected chi connectivity index (χ2v) is 4.92. The van der Waals surface area contributed by atoms with E-state index in [1.165, 1.54) is 18.2 Å². The summed E-state index contributed by atoms with van der Waals surface area (Å²) in [5.74, 6) is -0.717. The molecular formula is C13H13BrF2N4. The van der Waals surface area contributed by atoms with Gasteiger partial charge >= 0.3 is 0 Å². The zero-order valence-corrected chi connectivity index (χ0v) is 12.3. The number of nitrogens with zero attached hydrogens (tertiary/aromatic N) is 2. The van der Waals surface area contributed by atoms with Crippen LogP contribution in [0.2, 0.25) is 0 Å². The maximum absolute atomic E-state index is 13.7. The Morgan fingerprint density at radius 1 is 1.30 bits per heavy atom. The van der Waals surface area contributed by atoms with E-state index in [2.05, 4.69) is 36.5 Å². The largest absolute Gasteiger partial charge is 0.354 e. The summed E-state index contributed by atoms with van der Waals surface area (Å²) in [7, 11) is 0. The van der Waals surface area contributed by atoms with Crippen LogP contribution in [0.3, 0.4) is 0 Å². The van der Waals surface area contributed by atoms with Gasteiger partial charge in [0.05, 0.1) is 11.9 Å². The third kappa shape index (κ3) is 3.63. The Kier molecular flexibility index (Phi) is 4.84. The van der Waals surface area contributed by atoms with Crippen molar-refractivity contribution in [2.75, 3.05) is 17.2 Å². The van der Waals surface area contributed by atoms with Crippen molar-refractivity contribution < 1.29 is 8.78 Å². The van der Waals surface area contributed by atoms with Crippen LogP contribution in [0.15, 0.2) is 28.9 Å². The van der Waals surface area contributed by atoms with Crippen LogP contribution in [0, 0.1) is 11.6 Å². The lowest BCUT2D eigenvalue weighted by Gasteiger charge is -2.10. The van der Waals surface area contributed by atoms with Gasteiger partial charge in [-0.3, -0.25) is 0 Å². The molecule has 7 heteroatoms. The molecule has 0 fully saturated rings. The van der Waals surface area contributed by atoms with Gasteiger partial charge in [-0.1, -0.05) is 6.92 Å². The fourth-order valence-electron chi connectivity index (χ4n) is 1.50. The molecule has 2 rings (SSSR count). The van der Waals surface area contributed by atoms with Crippen molar-refractivity contribution in [1.82, 2.24) is 9.97 Å². The van der Waals surface area contributed by atoms with E-state index in [0.29, 0.717) is 22.7 Å². The first-order valence-electron chi connectivity index (χ1n) is 6.08. The molecule has 0 spiro atoms. The Morgan fingerprint density at radius 3 is 2.85 bits per heavy atom. The average Bonchev–Trinajstić information content (AvgIpc) is 2.43. The lowest BCUT2D eigenvalue weighted by Crippen LogP contribution is -2.07. The van der Waals surface area contributed by atoms with Crippen LogP contribution < -0.4 is 10.6 Å². The molecule has 2 N–H and O–H groups in total. The van der Waals surface area contributed by atoms with Gasteiger partial charge in [-0.2, -0.15) is 4.98 Å². The van der Waals surface area contributed by atoms with Crippen LogP contribution in [0.25, 0.3) is 0 Å². The number of anilines is 3. The Hall–Kier alpha value is -1.76. The monoisotopic (exact) mass is 342 g/mol. The number of hydrogen-bond donors (Lipinski definition) is 2. The summed E-state index contributed by atoms with van der Waals surface area (Å²) in [6.45, 7) is 2.69. The highest BCUT2D eigenvalue weighted by molar-refractivity contribution is 9.10. The number of nitrogens with one attached hydrogen (secondary N) is 2. The number of aromatic nitrogens is 2. The third-order valence-corrected chi connectivity index (χ3v) is 3.15. The van der Waals surface area contributed by atoms with Gasteiger partial charge in [-0.05, 0) is 40.5 Å². The number of hydrogen-bond acceptors (Lipinski definition) is 4. The van der Waals surface area contributed by atoms with Gasteiger partial charge in [0.15, 0.2) is 11.6 Å². The minimum atomic E-state index is -0.608. The first-order chi connectivity index (χ1) is 9.60. The summed E-state index contributed by atoms with van der Waals surface area (Å²) in [5.41, 5.74) is 0.393. The predicted molar refractivity (Wildman–Crippen MR) is 78.2 cm³/mol. The zero-order chi connectivity index (χ0) is 14.5. The average molecular weight is 343 g/mol. The predicted octanol–water partition coefficient (Wildman–Crippen LogP) is 4.08. The molecule has 0 atom stereocenters. The fourth-order valence-corrected chi connectivity index (χ4v) is 1.84. The molecule has 2 aromatic rings. The van der Waals surface area contributed by atoms with Crippen LogP contribution in [-0.4, -0.2) is 16.5 Å². The van der Waals surface area contributed by atoms with Crippen LogP contribution in [0.1, 0.15) is 13.3 Å². The lowest BCUT2D eigenvalue weighted by molar-refractivity contribution is 0.618. The first kappa shape index (κ1) is 14.6. The van der Waals surface area contributed by atoms with Gasteiger partial charge in [0, 0.05) is 11.0 Å². The standard InChI is InChI=1S/C13H13BrF2N4/c1-2-5-17-13-18-7-10(16)12(20-13)19-11-6-8(15)3-4-9(11)14/h3-4,6-7H,2,5H2,1H3,(H2,17,18,19,20). The molecule has 1 aromatic heterocycles. The van der Waals surface area contributed by atoms with Crippen molar-refractivity contribution in [2.45, 2.75) is 13.3 Å². The van der Waals surface area contributed by atoms with E-state index in [1.54, 1.807) is 0 Å². The van der Waals surface area contributed by atoms with Crippen LogP contribution in [-0.2, 0) is 0 Å². The van der Waals surface area contributed by atoms with Gasteiger partial charge in [0.1, 0.15) is 5.82 Å². The van der Waals surface area contributed by atoms with Crippen molar-refractivity contribution in [3.8, 4) is 0 Å². The van der Waals surface area contributed by atoms with E-state index in [9.17, 15) is 8.78 Å². The minimum Gasteiger partial charge on any atom is -0.354 e. The van der Waals surface area contributed by atoms with Gasteiger partial charge < -0.3 is 10.6 Å². The molecule has 4 nitrogen and oxygen atoms in total. The molecule has 1 heterocycles. The maximum Gasteiger partial charge on any atom is 0.224 e. The summed E-state index contributed by atoms with van der Waals surface area (Å²) in [4.78, 5) is 7.86. The summed E-state index contributed by atoms with van der Waals surface area (Å²) in [6.07, 6.45) is 1.97. The fraction of sp³-hybridized carbons (Fsp3) is 0.231. The van der Waals surface area contributed by atoms with Crippen molar-refractivity contribution in [3.63, 3.8) is 0 Å². The Balaban J connectivity index is 2.25. The van der Waals surface area contributed by atoms with Gasteiger partial charge in [0.2, 0.25) is 5.95 Å². The van der Waals surface area contributed by atoms with Crippen LogP contribution in [0.5, 0.6) is 0 Å². The number of benzene rings is 1. The molecule has 0 saturated heterocycles. The SMILES string of the molecule is CCCNc1ncc(F)c(Nc2cc(F)ccc2Br)n1. The lowest BCUT2D eigenvalue weighted by atomic mass is 10.3. The third-order valence-electron chi connectivity index (χ3n) is 2.46. The minimum absolute atomic E-state index is 0.00935. The van der Waals surface area contributed by atoms with E-state index < -0.39 is 11.6 Å². The Morgan fingerprint density at radius 2 is 2.10 bits per heavy atom. The van der Waals surface area contributed by atoms with Crippen molar-refractivity contribution >= 4 is 33.4 Å². The summed E-state index contributed by atoms with van der Waals surface area (Å²) >= 11 is 3.26. The topological polar surface area (TPSA) is 49.8 Å². The normalized spacial score (nSPS) is 10.4. The number of rotatable bonds is 5. The molecule has 0 radical (unpaired) electrons. The van der Waals surface area contributed by atoms with E-state index >= 15 is 0 Å². The van der Waals surface area contributed by atoms with Crippen molar-refractivity contribution in [1.29, 1.82) is 0 Å². The molecule has 0 bridgehead atoms. The van der Waals surface area contributed by atoms with E-state index in [-0.39, 0.29) is 5.82 Å². The molecule has 106 valence electrons. The van der Waals surface area contributed by atoms with Crippen LogP contribution in [0.4, 0.5) is 26.2 Å². The zero-order valence-electron chi connectivity index (χ0n) is 10.8. The highest BCUT2D eigenvalue weighted by atomic mass is 79.9. The van der Waals surface area contributed by atoms with Crippen molar-refractivity contribution in [2.24, 2.45) is 0 Å². The second-order valence-electron chi connectivity index (χ2n) is 4.07. The summed E-state index contributed by atoms with van der Waals surface area (Å²) in [6, 6.07) is 4.09. The van der Waals surface area contributed by atoms with E-state index in [0.717, 1.165) is 12.6 Å². The molecule has 20 heavy (non-hydrogen) atoms. The first-order valence-corrected chi connectivity index (χ1v) is 6.88. The summed E-state index contributed by atoms with van der Waals surface area (Å²) in [5, 5.41) is 5.70. The van der Waals surface area contributed by atoms with Gasteiger partial charge in [0.25, 0.3) is 0 Å². The van der Waals surface area contributed by atoms with Crippen LogP contribution >= 0.6 is 15.9 Å². The molecular weight excluding hydrogens is 330 g/mol. The Labute approximate surface area is 123 Å². The molecule has 0 aliphatic carbocycles. The number of halogens is 3. The maximum atomic E-state index is 13.7. The molecule has 0 aliphatic heterocycles. The summed E-state index contributed by atoms with van der Waals surface area (Å²) < 4.78 is 27.5. The van der Waals surface area contributed by atoms with Crippen molar-refractivity contribution in [3.05, 3.63) is 40.5 Å². The highest BCUT2D eigenvalue weighted by Gasteiger charge is 2.09. The Bertz CT molecular complexity index is 607.